The Bertz CT molecular complexity index is 3260. The minimum Gasteiger partial charge on any atom is -0.256 e. The van der Waals surface area contributed by atoms with E-state index in [9.17, 15) is 0 Å². The van der Waals surface area contributed by atoms with Crippen LogP contribution in [0, 0.1) is 0 Å². The smallest absolute Gasteiger partial charge is 0.115 e. The number of benzene rings is 9. The van der Waals surface area contributed by atoms with E-state index in [0.29, 0.717) is 0 Å². The number of fused-ring (bicyclic) bond motifs is 7. The maximum absolute atomic E-state index is 5.15. The van der Waals surface area contributed by atoms with Crippen molar-refractivity contribution in [2.75, 3.05) is 0 Å². The number of rotatable bonds is 4. The van der Waals surface area contributed by atoms with E-state index in [1.807, 2.05) is 18.6 Å². The third-order valence-corrected chi connectivity index (χ3v) is 11.1. The average Bonchev–Trinajstić information content (AvgIpc) is 3.24. The van der Waals surface area contributed by atoms with Crippen LogP contribution < -0.4 is 0 Å². The lowest BCUT2D eigenvalue weighted by Gasteiger charge is -2.20. The van der Waals surface area contributed by atoms with Crippen LogP contribution in [0.2, 0.25) is 0 Å². The standard InChI is InChI=1S/C51H31N3/c1-2-10-32(11-3-1)35-19-22-44-48(28-35)49(37-29-52-31-53-30-37)42-14-6-7-15-43(42)50(44)46-24-23-41(45-18-9-25-54-51(45)46)38-16-8-17-39-40(38)21-20-36-26-33-12-4-5-13-34(33)27-47(36)39/h1-31H. The van der Waals surface area contributed by atoms with E-state index in [4.69, 9.17) is 4.98 Å². The Hall–Kier alpha value is -7.23. The van der Waals surface area contributed by atoms with Crippen molar-refractivity contribution in [3.8, 4) is 44.5 Å². The maximum Gasteiger partial charge on any atom is 0.115 e. The summed E-state index contributed by atoms with van der Waals surface area (Å²) >= 11 is 0. The molecular formula is C51H31N3. The average molecular weight is 686 g/mol. The van der Waals surface area contributed by atoms with Gasteiger partial charge < -0.3 is 0 Å². The number of nitrogens with zero attached hydrogens (tertiary/aromatic N) is 3. The lowest BCUT2D eigenvalue weighted by Crippen LogP contribution is -1.95. The summed E-state index contributed by atoms with van der Waals surface area (Å²) in [7, 11) is 0. The molecule has 0 amide bonds. The fraction of sp³-hybridized carbons (Fsp3) is 0. The van der Waals surface area contributed by atoms with E-state index in [0.717, 1.165) is 49.3 Å². The van der Waals surface area contributed by atoms with E-state index >= 15 is 0 Å². The molecule has 0 spiro atoms. The minimum atomic E-state index is 0.980. The molecule has 0 unspecified atom stereocenters. The van der Waals surface area contributed by atoms with Crippen molar-refractivity contribution in [3.05, 3.63) is 189 Å². The van der Waals surface area contributed by atoms with Crippen molar-refractivity contribution in [3.63, 3.8) is 0 Å². The summed E-state index contributed by atoms with van der Waals surface area (Å²) in [6.07, 6.45) is 7.36. The topological polar surface area (TPSA) is 38.7 Å². The van der Waals surface area contributed by atoms with Gasteiger partial charge in [-0.1, -0.05) is 140 Å². The van der Waals surface area contributed by atoms with Crippen molar-refractivity contribution in [1.29, 1.82) is 0 Å². The van der Waals surface area contributed by atoms with Gasteiger partial charge in [-0.2, -0.15) is 0 Å². The lowest BCUT2D eigenvalue weighted by atomic mass is 9.84. The quantitative estimate of drug-likeness (QED) is 0.137. The predicted molar refractivity (Wildman–Crippen MR) is 227 cm³/mol. The second-order valence-electron chi connectivity index (χ2n) is 14.0. The lowest BCUT2D eigenvalue weighted by molar-refractivity contribution is 1.17. The van der Waals surface area contributed by atoms with Gasteiger partial charge in [0.15, 0.2) is 0 Å². The molecule has 3 nitrogen and oxygen atoms in total. The third-order valence-electron chi connectivity index (χ3n) is 11.1. The van der Waals surface area contributed by atoms with Gasteiger partial charge in [0, 0.05) is 40.7 Å². The number of hydrogen-bond donors (Lipinski definition) is 0. The SMILES string of the molecule is c1ccc(-c2ccc3c(-c4ccc(-c5cccc6c5ccc5cc7ccccc7cc56)c5cccnc45)c4ccccc4c(-c4cncnc4)c3c2)cc1. The first-order valence-electron chi connectivity index (χ1n) is 18.3. The Morgan fingerprint density at radius 1 is 0.315 bits per heavy atom. The molecule has 0 fully saturated rings. The summed E-state index contributed by atoms with van der Waals surface area (Å²) in [5.41, 5.74) is 10.1. The molecule has 0 aliphatic heterocycles. The van der Waals surface area contributed by atoms with Gasteiger partial charge in [-0.25, -0.2) is 9.97 Å². The summed E-state index contributed by atoms with van der Waals surface area (Å²) < 4.78 is 0. The molecule has 0 saturated carbocycles. The zero-order chi connectivity index (χ0) is 35.6. The predicted octanol–water partition coefficient (Wildman–Crippen LogP) is 13.5. The van der Waals surface area contributed by atoms with Crippen LogP contribution in [0.1, 0.15) is 0 Å². The molecule has 0 radical (unpaired) electrons. The van der Waals surface area contributed by atoms with Crippen molar-refractivity contribution < 1.29 is 0 Å². The molecule has 11 aromatic rings. The summed E-state index contributed by atoms with van der Waals surface area (Å²) in [5, 5.41) is 13.3. The van der Waals surface area contributed by atoms with E-state index in [-0.39, 0.29) is 0 Å². The highest BCUT2D eigenvalue weighted by Gasteiger charge is 2.21. The molecule has 0 bridgehead atoms. The van der Waals surface area contributed by atoms with Gasteiger partial charge in [0.25, 0.3) is 0 Å². The molecule has 3 heteroatoms. The van der Waals surface area contributed by atoms with Crippen LogP contribution in [0.3, 0.4) is 0 Å². The number of pyridine rings is 1. The molecule has 0 saturated heterocycles. The van der Waals surface area contributed by atoms with Crippen molar-refractivity contribution in [2.24, 2.45) is 0 Å². The fourth-order valence-corrected chi connectivity index (χ4v) is 8.64. The molecule has 0 N–H and O–H groups in total. The van der Waals surface area contributed by atoms with E-state index in [1.165, 1.54) is 60.0 Å². The molecule has 0 atom stereocenters. The summed E-state index contributed by atoms with van der Waals surface area (Å²) in [6, 6.07) is 59.6. The monoisotopic (exact) mass is 685 g/mol. The van der Waals surface area contributed by atoms with Gasteiger partial charge in [-0.05, 0) is 106 Å². The van der Waals surface area contributed by atoms with E-state index < -0.39 is 0 Å². The Morgan fingerprint density at radius 2 is 0.981 bits per heavy atom. The Labute approximate surface area is 311 Å². The zero-order valence-electron chi connectivity index (χ0n) is 29.2. The minimum absolute atomic E-state index is 0.980. The molecule has 2 aromatic heterocycles. The molecule has 250 valence electrons. The first-order chi connectivity index (χ1) is 26.8. The Kier molecular flexibility index (Phi) is 6.86. The van der Waals surface area contributed by atoms with Crippen LogP contribution in [0.15, 0.2) is 189 Å². The van der Waals surface area contributed by atoms with Crippen LogP contribution in [-0.2, 0) is 0 Å². The molecule has 0 aliphatic rings. The molecule has 54 heavy (non-hydrogen) atoms. The highest BCUT2D eigenvalue weighted by Crippen LogP contribution is 2.47. The van der Waals surface area contributed by atoms with Crippen molar-refractivity contribution in [1.82, 2.24) is 15.0 Å². The van der Waals surface area contributed by atoms with Gasteiger partial charge in [0.1, 0.15) is 6.33 Å². The first-order valence-corrected chi connectivity index (χ1v) is 18.3. The van der Waals surface area contributed by atoms with Gasteiger partial charge in [0.05, 0.1) is 5.52 Å². The van der Waals surface area contributed by atoms with Crippen molar-refractivity contribution >= 4 is 64.8 Å². The fourth-order valence-electron chi connectivity index (χ4n) is 8.64. The van der Waals surface area contributed by atoms with Crippen LogP contribution in [-0.4, -0.2) is 15.0 Å². The summed E-state index contributed by atoms with van der Waals surface area (Å²) in [4.78, 5) is 14.0. The van der Waals surface area contributed by atoms with Gasteiger partial charge >= 0.3 is 0 Å². The van der Waals surface area contributed by atoms with Crippen LogP contribution in [0.5, 0.6) is 0 Å². The highest BCUT2D eigenvalue weighted by molar-refractivity contribution is 6.25. The van der Waals surface area contributed by atoms with Crippen LogP contribution in [0.25, 0.3) is 109 Å². The summed E-state index contributed by atoms with van der Waals surface area (Å²) in [5.74, 6) is 0. The number of aromatic nitrogens is 3. The van der Waals surface area contributed by atoms with Gasteiger partial charge in [0.2, 0.25) is 0 Å². The maximum atomic E-state index is 5.15. The van der Waals surface area contributed by atoms with E-state index in [2.05, 4.69) is 174 Å². The first kappa shape index (κ1) is 30.4. The Morgan fingerprint density at radius 3 is 1.83 bits per heavy atom. The highest BCUT2D eigenvalue weighted by atomic mass is 14.8. The molecule has 2 heterocycles. The molecule has 11 rings (SSSR count). The largest absolute Gasteiger partial charge is 0.256 e. The molecule has 9 aromatic carbocycles. The Balaban J connectivity index is 1.19. The number of hydrogen-bond acceptors (Lipinski definition) is 3. The third kappa shape index (κ3) is 4.72. The molecule has 0 aliphatic carbocycles. The normalized spacial score (nSPS) is 11.7. The second-order valence-corrected chi connectivity index (χ2v) is 14.0. The zero-order valence-corrected chi connectivity index (χ0v) is 29.2. The van der Waals surface area contributed by atoms with E-state index in [1.54, 1.807) is 6.33 Å². The van der Waals surface area contributed by atoms with Crippen molar-refractivity contribution in [2.45, 2.75) is 0 Å². The van der Waals surface area contributed by atoms with Gasteiger partial charge in [-0.15, -0.1) is 0 Å². The van der Waals surface area contributed by atoms with Crippen LogP contribution >= 0.6 is 0 Å². The summed E-state index contributed by atoms with van der Waals surface area (Å²) in [6.45, 7) is 0. The molecular weight excluding hydrogens is 655 g/mol. The second kappa shape index (κ2) is 12.2. The van der Waals surface area contributed by atoms with Crippen LogP contribution in [0.4, 0.5) is 0 Å². The van der Waals surface area contributed by atoms with Gasteiger partial charge in [-0.3, -0.25) is 4.98 Å².